The number of aryl methyl sites for hydroxylation is 1. The number of rotatable bonds is 8. The molecule has 10 heteroatoms. The van der Waals surface area contributed by atoms with Gasteiger partial charge in [0.25, 0.3) is 15.9 Å². The summed E-state index contributed by atoms with van der Waals surface area (Å²) in [5.41, 5.74) is 2.04. The highest BCUT2D eigenvalue weighted by Gasteiger charge is 2.37. The number of hydrogen-bond donors (Lipinski definition) is 1. The molecule has 0 saturated carbocycles. The van der Waals surface area contributed by atoms with E-state index in [0.29, 0.717) is 28.7 Å². The van der Waals surface area contributed by atoms with Gasteiger partial charge in [0.2, 0.25) is 0 Å². The van der Waals surface area contributed by atoms with Gasteiger partial charge in [0, 0.05) is 6.54 Å². The molecule has 36 heavy (non-hydrogen) atoms. The van der Waals surface area contributed by atoms with Crippen LogP contribution in [0.25, 0.3) is 0 Å². The standard InChI is InChI=1S/C26H28N2O7S/c1-17-5-11-21-23(13-17)35-25(16-28(21)36(30,31)20-9-7-19(32-2)8-10-20)26(29)27-15-18-6-12-22(33-3)24(14-18)34-4/h5-14,25H,15-16H2,1-4H3,(H,27,29). The second-order valence-electron chi connectivity index (χ2n) is 8.20. The SMILES string of the molecule is COc1ccc(S(=O)(=O)N2CC(C(=O)NCc3ccc(OC)c(OC)c3)Oc3cc(C)ccc32)cc1. The van der Waals surface area contributed by atoms with E-state index < -0.39 is 22.0 Å². The van der Waals surface area contributed by atoms with Crippen molar-refractivity contribution in [2.45, 2.75) is 24.5 Å². The predicted molar refractivity (Wildman–Crippen MR) is 135 cm³/mol. The predicted octanol–water partition coefficient (Wildman–Crippen LogP) is 3.29. The highest BCUT2D eigenvalue weighted by molar-refractivity contribution is 7.92. The number of nitrogens with zero attached hydrogens (tertiary/aromatic N) is 1. The number of benzene rings is 3. The maximum absolute atomic E-state index is 13.6. The molecule has 190 valence electrons. The molecule has 1 amide bonds. The normalized spacial score (nSPS) is 14.9. The van der Waals surface area contributed by atoms with E-state index in [-0.39, 0.29) is 18.0 Å². The number of carbonyl (C=O) groups excluding carboxylic acids is 1. The molecule has 0 aliphatic carbocycles. The average Bonchev–Trinajstić information content (AvgIpc) is 2.90. The van der Waals surface area contributed by atoms with Crippen molar-refractivity contribution >= 4 is 21.6 Å². The largest absolute Gasteiger partial charge is 0.497 e. The first kappa shape index (κ1) is 25.2. The minimum absolute atomic E-state index is 0.0845. The molecular weight excluding hydrogens is 484 g/mol. The van der Waals surface area contributed by atoms with Crippen LogP contribution in [-0.4, -0.2) is 48.3 Å². The Kier molecular flexibility index (Phi) is 7.25. The van der Waals surface area contributed by atoms with Crippen LogP contribution in [0.15, 0.2) is 65.6 Å². The van der Waals surface area contributed by atoms with Gasteiger partial charge in [-0.25, -0.2) is 8.42 Å². The summed E-state index contributed by atoms with van der Waals surface area (Å²) in [6, 6.07) is 16.6. The summed E-state index contributed by atoms with van der Waals surface area (Å²) in [5, 5.41) is 2.83. The summed E-state index contributed by atoms with van der Waals surface area (Å²) in [6.07, 6.45) is -1.05. The molecule has 0 radical (unpaired) electrons. The molecule has 0 saturated heterocycles. The number of ether oxygens (including phenoxy) is 4. The van der Waals surface area contributed by atoms with Crippen molar-refractivity contribution in [1.29, 1.82) is 0 Å². The van der Waals surface area contributed by atoms with Crippen molar-refractivity contribution in [2.75, 3.05) is 32.2 Å². The van der Waals surface area contributed by atoms with Crippen LogP contribution in [0.1, 0.15) is 11.1 Å². The second kappa shape index (κ2) is 10.4. The van der Waals surface area contributed by atoms with E-state index in [2.05, 4.69) is 5.32 Å². The van der Waals surface area contributed by atoms with Crippen LogP contribution in [0.4, 0.5) is 5.69 Å². The van der Waals surface area contributed by atoms with Crippen LogP contribution < -0.4 is 28.6 Å². The highest BCUT2D eigenvalue weighted by atomic mass is 32.2. The molecule has 1 aliphatic rings. The molecule has 1 atom stereocenters. The Morgan fingerprint density at radius 2 is 1.69 bits per heavy atom. The molecule has 1 N–H and O–H groups in total. The summed E-state index contributed by atoms with van der Waals surface area (Å²) in [6.45, 7) is 1.89. The van der Waals surface area contributed by atoms with Crippen molar-refractivity contribution in [3.8, 4) is 23.0 Å². The van der Waals surface area contributed by atoms with E-state index >= 15 is 0 Å². The molecule has 0 bridgehead atoms. The Bertz CT molecular complexity index is 1360. The third kappa shape index (κ3) is 5.03. The number of amides is 1. The fourth-order valence-corrected chi connectivity index (χ4v) is 5.37. The molecule has 4 rings (SSSR count). The van der Waals surface area contributed by atoms with Crippen molar-refractivity contribution in [2.24, 2.45) is 0 Å². The zero-order chi connectivity index (χ0) is 25.9. The van der Waals surface area contributed by atoms with E-state index in [4.69, 9.17) is 18.9 Å². The molecule has 0 aromatic heterocycles. The second-order valence-corrected chi connectivity index (χ2v) is 10.1. The van der Waals surface area contributed by atoms with Crippen LogP contribution in [0.5, 0.6) is 23.0 Å². The quantitative estimate of drug-likeness (QED) is 0.494. The van der Waals surface area contributed by atoms with Crippen LogP contribution >= 0.6 is 0 Å². The molecule has 9 nitrogen and oxygen atoms in total. The van der Waals surface area contributed by atoms with E-state index in [0.717, 1.165) is 11.1 Å². The molecular formula is C26H28N2O7S. The third-order valence-corrected chi connectivity index (χ3v) is 7.63. The summed E-state index contributed by atoms with van der Waals surface area (Å²) < 4.78 is 50.0. The number of sulfonamides is 1. The number of methoxy groups -OCH3 is 3. The lowest BCUT2D eigenvalue weighted by Gasteiger charge is -2.35. The van der Waals surface area contributed by atoms with Gasteiger partial charge in [-0.3, -0.25) is 9.10 Å². The van der Waals surface area contributed by atoms with Crippen molar-refractivity contribution in [1.82, 2.24) is 5.32 Å². The summed E-state index contributed by atoms with van der Waals surface area (Å²) in [7, 11) is 0.615. The summed E-state index contributed by atoms with van der Waals surface area (Å²) in [5.74, 6) is 1.55. The monoisotopic (exact) mass is 512 g/mol. The zero-order valence-electron chi connectivity index (χ0n) is 20.5. The van der Waals surface area contributed by atoms with Gasteiger partial charge in [-0.1, -0.05) is 12.1 Å². The van der Waals surface area contributed by atoms with Gasteiger partial charge in [0.15, 0.2) is 17.6 Å². The van der Waals surface area contributed by atoms with Gasteiger partial charge in [0.1, 0.15) is 11.5 Å². The molecule has 1 heterocycles. The fraction of sp³-hybridized carbons (Fsp3) is 0.269. The Labute approximate surface area is 210 Å². The lowest BCUT2D eigenvalue weighted by molar-refractivity contribution is -0.127. The number of nitrogens with one attached hydrogen (secondary N) is 1. The topological polar surface area (TPSA) is 103 Å². The van der Waals surface area contributed by atoms with Crippen LogP contribution in [-0.2, 0) is 21.4 Å². The van der Waals surface area contributed by atoms with Crippen molar-refractivity contribution in [3.63, 3.8) is 0 Å². The average molecular weight is 513 g/mol. The smallest absolute Gasteiger partial charge is 0.264 e. The molecule has 3 aromatic carbocycles. The first-order valence-corrected chi connectivity index (χ1v) is 12.6. The summed E-state index contributed by atoms with van der Waals surface area (Å²) in [4.78, 5) is 13.2. The molecule has 1 aliphatic heterocycles. The molecule has 3 aromatic rings. The minimum atomic E-state index is -3.98. The number of anilines is 1. The third-order valence-electron chi connectivity index (χ3n) is 5.84. The van der Waals surface area contributed by atoms with E-state index in [1.54, 1.807) is 49.6 Å². The van der Waals surface area contributed by atoms with Crippen LogP contribution in [0.2, 0.25) is 0 Å². The number of carbonyl (C=O) groups is 1. The number of hydrogen-bond acceptors (Lipinski definition) is 7. The molecule has 1 unspecified atom stereocenters. The van der Waals surface area contributed by atoms with E-state index in [9.17, 15) is 13.2 Å². The lowest BCUT2D eigenvalue weighted by Crippen LogP contribution is -2.50. The van der Waals surface area contributed by atoms with Gasteiger partial charge in [-0.05, 0) is 66.6 Å². The van der Waals surface area contributed by atoms with Crippen molar-refractivity contribution in [3.05, 3.63) is 71.8 Å². The van der Waals surface area contributed by atoms with Crippen molar-refractivity contribution < 1.29 is 32.2 Å². The van der Waals surface area contributed by atoms with Gasteiger partial charge >= 0.3 is 0 Å². The Morgan fingerprint density at radius 3 is 2.36 bits per heavy atom. The van der Waals surface area contributed by atoms with Crippen LogP contribution in [0.3, 0.4) is 0 Å². The molecule has 0 fully saturated rings. The highest BCUT2D eigenvalue weighted by Crippen LogP contribution is 2.38. The molecule has 0 spiro atoms. The minimum Gasteiger partial charge on any atom is -0.497 e. The Balaban J connectivity index is 1.58. The van der Waals surface area contributed by atoms with Gasteiger partial charge in [-0.2, -0.15) is 0 Å². The lowest BCUT2D eigenvalue weighted by atomic mass is 10.1. The first-order chi connectivity index (χ1) is 17.3. The number of fused-ring (bicyclic) bond motifs is 1. The summed E-state index contributed by atoms with van der Waals surface area (Å²) >= 11 is 0. The van der Waals surface area contributed by atoms with Gasteiger partial charge < -0.3 is 24.3 Å². The van der Waals surface area contributed by atoms with Gasteiger partial charge in [0.05, 0.1) is 38.5 Å². The Morgan fingerprint density at radius 1 is 0.972 bits per heavy atom. The van der Waals surface area contributed by atoms with E-state index in [1.807, 2.05) is 13.0 Å². The fourth-order valence-electron chi connectivity index (χ4n) is 3.89. The maximum Gasteiger partial charge on any atom is 0.264 e. The van der Waals surface area contributed by atoms with Crippen LogP contribution in [0, 0.1) is 6.92 Å². The van der Waals surface area contributed by atoms with Gasteiger partial charge in [-0.15, -0.1) is 0 Å². The van der Waals surface area contributed by atoms with E-state index in [1.165, 1.54) is 30.7 Å². The first-order valence-electron chi connectivity index (χ1n) is 11.2. The Hall–Kier alpha value is -3.92. The zero-order valence-corrected chi connectivity index (χ0v) is 21.3. The maximum atomic E-state index is 13.6.